The fraction of sp³-hybridized carbons (Fsp3) is 0.476. The lowest BCUT2D eigenvalue weighted by Crippen LogP contribution is -2.20. The Morgan fingerprint density at radius 3 is 2.02 bits per heavy atom. The minimum Gasteiger partial charge on any atom is -0.382 e. The van der Waals surface area contributed by atoms with Crippen LogP contribution in [0.25, 0.3) is 22.3 Å². The molecule has 0 aliphatic carbocycles. The fourth-order valence-electron chi connectivity index (χ4n) is 3.39. The van der Waals surface area contributed by atoms with Crippen molar-refractivity contribution in [1.82, 2.24) is 43.9 Å². The van der Waals surface area contributed by atoms with E-state index in [0.29, 0.717) is 41.2 Å². The lowest BCUT2D eigenvalue weighted by molar-refractivity contribution is 0.149. The Hall–Kier alpha value is -2.75. The van der Waals surface area contributed by atoms with Crippen molar-refractivity contribution in [2.45, 2.75) is 26.9 Å². The molecule has 0 aliphatic heterocycles. The Balaban J connectivity index is 0.000000240. The molecule has 4 rings (SSSR count). The van der Waals surface area contributed by atoms with E-state index in [2.05, 4.69) is 53.6 Å². The highest BCUT2D eigenvalue weighted by atomic mass is 35.9. The van der Waals surface area contributed by atoms with Gasteiger partial charge in [-0.2, -0.15) is 0 Å². The molecule has 230 valence electrons. The second-order valence-electron chi connectivity index (χ2n) is 8.45. The van der Waals surface area contributed by atoms with Gasteiger partial charge in [0, 0.05) is 26.2 Å². The number of rotatable bonds is 14. The minimum absolute atomic E-state index is 0.139. The van der Waals surface area contributed by atoms with E-state index in [9.17, 15) is 9.13 Å². The number of aliphatic imine (C=N–C) groups is 1. The van der Waals surface area contributed by atoms with E-state index in [1.807, 2.05) is 0 Å². The van der Waals surface area contributed by atoms with E-state index >= 15 is 0 Å². The molecule has 0 atom stereocenters. The van der Waals surface area contributed by atoms with Gasteiger partial charge in [-0.25, -0.2) is 34.9 Å². The summed E-state index contributed by atoms with van der Waals surface area (Å²) >= 11 is 10.9. The first-order valence-electron chi connectivity index (χ1n) is 12.5. The second kappa shape index (κ2) is 15.6. The standard InChI is InChI=1S/C13H19Cl2N6O2P.C8H12N5O4P/c1-3-20(4-2)8-19-12-11-13(17-7-16-12)21(9-18-11)5-6-23-10-24(14,15)22;9-7-6-8(11-3-10-7)13(4-12-6)1-2-17-5-18(14,15)16/h7-9H,3-6,10H2,1-2H3;3-4H,1-2,5H2,(H2,9,10,11)(H2,14,15,16). The Labute approximate surface area is 250 Å². The van der Waals surface area contributed by atoms with Crippen molar-refractivity contribution in [3.8, 4) is 0 Å². The molecule has 0 bridgehead atoms. The van der Waals surface area contributed by atoms with Crippen molar-refractivity contribution < 1.29 is 28.4 Å². The van der Waals surface area contributed by atoms with E-state index in [4.69, 9.17) is 47.5 Å². The van der Waals surface area contributed by atoms with Crippen LogP contribution in [0.3, 0.4) is 0 Å². The Kier molecular flexibility index (Phi) is 12.6. The zero-order valence-corrected chi connectivity index (χ0v) is 26.1. The molecule has 4 N–H and O–H groups in total. The number of nitrogens with two attached hydrogens (primary N) is 1. The molecular weight excluding hydrogens is 635 g/mol. The highest BCUT2D eigenvalue weighted by molar-refractivity contribution is 8.08. The van der Waals surface area contributed by atoms with Gasteiger partial charge in [-0.3, -0.25) is 9.13 Å². The molecule has 0 fully saturated rings. The van der Waals surface area contributed by atoms with Crippen molar-refractivity contribution in [2.24, 2.45) is 4.99 Å². The molecule has 4 aromatic heterocycles. The molecular formula is C21H31Cl2N11O6P2. The van der Waals surface area contributed by atoms with Crippen LogP contribution in [0.5, 0.6) is 0 Å². The third-order valence-corrected chi connectivity index (χ3v) is 7.01. The maximum Gasteiger partial charge on any atom is 0.350 e. The third kappa shape index (κ3) is 10.5. The quantitative estimate of drug-likeness (QED) is 0.0762. The number of hydrogen-bond acceptors (Lipinski definition) is 12. The maximum atomic E-state index is 11.2. The molecule has 42 heavy (non-hydrogen) atoms. The molecule has 0 amide bonds. The van der Waals surface area contributed by atoms with Crippen molar-refractivity contribution in [2.75, 3.05) is 44.7 Å². The fourth-order valence-corrected chi connectivity index (χ4v) is 4.51. The number of nitrogen functional groups attached to an aromatic ring is 1. The summed E-state index contributed by atoms with van der Waals surface area (Å²) < 4.78 is 35.3. The summed E-state index contributed by atoms with van der Waals surface area (Å²) in [4.78, 5) is 48.3. The molecule has 0 saturated carbocycles. The lowest BCUT2D eigenvalue weighted by Gasteiger charge is -2.13. The van der Waals surface area contributed by atoms with Gasteiger partial charge in [-0.1, -0.05) is 0 Å². The van der Waals surface area contributed by atoms with E-state index in [-0.39, 0.29) is 25.4 Å². The molecule has 0 saturated heterocycles. The number of anilines is 1. The summed E-state index contributed by atoms with van der Waals surface area (Å²) in [6.07, 6.45) is 6.90. The van der Waals surface area contributed by atoms with Crippen LogP contribution in [-0.4, -0.2) is 99.1 Å². The third-order valence-electron chi connectivity index (χ3n) is 5.42. The summed E-state index contributed by atoms with van der Waals surface area (Å²) in [5, 5.41) is 0. The normalized spacial score (nSPS) is 12.2. The average molecular weight is 666 g/mol. The van der Waals surface area contributed by atoms with Crippen LogP contribution in [-0.2, 0) is 31.7 Å². The van der Waals surface area contributed by atoms with Crippen molar-refractivity contribution >= 4 is 76.2 Å². The van der Waals surface area contributed by atoms with Gasteiger partial charge < -0.3 is 39.0 Å². The molecule has 0 aliphatic rings. The monoisotopic (exact) mass is 665 g/mol. The molecule has 17 nitrogen and oxygen atoms in total. The zero-order valence-electron chi connectivity index (χ0n) is 22.8. The summed E-state index contributed by atoms with van der Waals surface area (Å²) in [5.74, 6) is -2.41. The molecule has 4 aromatic rings. The van der Waals surface area contributed by atoms with E-state index < -0.39 is 19.8 Å². The Morgan fingerprint density at radius 1 is 0.905 bits per heavy atom. The Morgan fingerprint density at radius 2 is 1.45 bits per heavy atom. The smallest absolute Gasteiger partial charge is 0.350 e. The highest BCUT2D eigenvalue weighted by Crippen LogP contribution is 2.56. The Bertz CT molecular complexity index is 1570. The number of nitrogens with zero attached hydrogens (tertiary/aromatic N) is 10. The summed E-state index contributed by atoms with van der Waals surface area (Å²) in [6, 6.07) is 0. The number of ether oxygens (including phenoxy) is 2. The van der Waals surface area contributed by atoms with Crippen LogP contribution < -0.4 is 5.73 Å². The van der Waals surface area contributed by atoms with Crippen molar-refractivity contribution in [3.05, 3.63) is 25.3 Å². The number of fused-ring (bicyclic) bond motifs is 2. The van der Waals surface area contributed by atoms with Crippen LogP contribution in [0.15, 0.2) is 30.3 Å². The predicted molar refractivity (Wildman–Crippen MR) is 159 cm³/mol. The van der Waals surface area contributed by atoms with Gasteiger partial charge in [0.2, 0.25) is 0 Å². The van der Waals surface area contributed by atoms with E-state index in [0.717, 1.165) is 13.1 Å². The van der Waals surface area contributed by atoms with Gasteiger partial charge in [-0.05, 0) is 36.3 Å². The van der Waals surface area contributed by atoms with E-state index in [1.165, 1.54) is 19.0 Å². The maximum absolute atomic E-state index is 11.2. The first-order valence-corrected chi connectivity index (χ1v) is 18.0. The number of imidazole rings is 2. The number of hydrogen-bond donors (Lipinski definition) is 3. The number of halogens is 2. The van der Waals surface area contributed by atoms with Crippen LogP contribution in [0.4, 0.5) is 11.6 Å². The summed E-state index contributed by atoms with van der Waals surface area (Å²) in [7, 11) is -4.12. The van der Waals surface area contributed by atoms with Crippen LogP contribution in [0, 0.1) is 0 Å². The van der Waals surface area contributed by atoms with Crippen LogP contribution >= 0.6 is 35.9 Å². The second-order valence-corrected chi connectivity index (χ2v) is 15.2. The van der Waals surface area contributed by atoms with Crippen LogP contribution in [0.2, 0.25) is 0 Å². The lowest BCUT2D eigenvalue weighted by atomic mass is 10.5. The zero-order chi connectivity index (χ0) is 30.8. The largest absolute Gasteiger partial charge is 0.382 e. The SMILES string of the molecule is CCN(C=Nc1ncnc2c1ncn2CCOCP(=O)(Cl)Cl)CC.Nc1ncnc2c1ncn2CCOCP(=O)(O)O. The highest BCUT2D eigenvalue weighted by Gasteiger charge is 2.15. The van der Waals surface area contributed by atoms with Gasteiger partial charge in [0.15, 0.2) is 28.4 Å². The topological polar surface area (TPSA) is 222 Å². The first-order chi connectivity index (χ1) is 19.9. The molecule has 0 unspecified atom stereocenters. The summed E-state index contributed by atoms with van der Waals surface area (Å²) in [6.45, 7) is 7.11. The molecule has 21 heteroatoms. The predicted octanol–water partition coefficient (Wildman–Crippen LogP) is 3.03. The van der Waals surface area contributed by atoms with Gasteiger partial charge in [0.25, 0.3) is 5.85 Å². The van der Waals surface area contributed by atoms with Gasteiger partial charge in [0.1, 0.15) is 30.9 Å². The molecule has 4 heterocycles. The average Bonchev–Trinajstić information content (AvgIpc) is 3.54. The van der Waals surface area contributed by atoms with Gasteiger partial charge >= 0.3 is 7.60 Å². The van der Waals surface area contributed by atoms with E-state index in [1.54, 1.807) is 21.8 Å². The first kappa shape index (κ1) is 33.7. The summed E-state index contributed by atoms with van der Waals surface area (Å²) in [5.41, 5.74) is 7.94. The van der Waals surface area contributed by atoms with Crippen molar-refractivity contribution in [1.29, 1.82) is 0 Å². The molecule has 0 spiro atoms. The van der Waals surface area contributed by atoms with Crippen LogP contribution in [0.1, 0.15) is 13.8 Å². The van der Waals surface area contributed by atoms with Gasteiger partial charge in [-0.15, -0.1) is 0 Å². The molecule has 0 radical (unpaired) electrons. The molecule has 0 aromatic carbocycles. The minimum atomic E-state index is -4.12. The van der Waals surface area contributed by atoms with Gasteiger partial charge in [0.05, 0.1) is 32.2 Å². The number of aromatic nitrogens is 8. The van der Waals surface area contributed by atoms with Crippen molar-refractivity contribution in [3.63, 3.8) is 0 Å².